The molecule has 3 rings (SSSR count). The van der Waals surface area contributed by atoms with Gasteiger partial charge < -0.3 is 15.2 Å². The van der Waals surface area contributed by atoms with E-state index in [1.807, 2.05) is 26.0 Å². The number of nitrogens with one attached hydrogen (secondary N) is 2. The Kier molecular flexibility index (Phi) is 7.62. The molecule has 0 aliphatic carbocycles. The predicted octanol–water partition coefficient (Wildman–Crippen LogP) is 4.55. The second-order valence-electron chi connectivity index (χ2n) is 7.04. The van der Waals surface area contributed by atoms with Gasteiger partial charge in [0.25, 0.3) is 11.8 Å². The molecule has 0 bridgehead atoms. The van der Waals surface area contributed by atoms with Crippen molar-refractivity contribution in [3.05, 3.63) is 87.4 Å². The molecule has 3 aromatic carbocycles. The van der Waals surface area contributed by atoms with Crippen molar-refractivity contribution in [2.24, 2.45) is 5.10 Å². The lowest BCUT2D eigenvalue weighted by Gasteiger charge is -2.11. The van der Waals surface area contributed by atoms with E-state index < -0.39 is 5.91 Å². The summed E-state index contributed by atoms with van der Waals surface area (Å²) in [5.41, 5.74) is 6.13. The first-order valence-corrected chi connectivity index (χ1v) is 10.5. The smallest absolute Gasteiger partial charge is 0.275 e. The molecule has 0 saturated carbocycles. The average molecular weight is 496 g/mol. The third-order valence-electron chi connectivity index (χ3n) is 4.64. The monoisotopic (exact) mass is 495 g/mol. The Balaban J connectivity index is 1.50. The van der Waals surface area contributed by atoms with Crippen LogP contribution in [-0.2, 0) is 4.79 Å². The number of rotatable bonds is 7. The quantitative estimate of drug-likeness (QED) is 0.330. The molecule has 7 nitrogen and oxygen atoms in total. The number of phenolic OH excluding ortho intramolecular Hbond substituents is 1. The lowest BCUT2D eigenvalue weighted by molar-refractivity contribution is -0.118. The number of aromatic hydroxyl groups is 1. The number of phenols is 1. The first-order chi connectivity index (χ1) is 15.3. The number of halogens is 1. The number of carbonyl (C=O) groups excluding carboxylic acids is 2. The van der Waals surface area contributed by atoms with Crippen LogP contribution in [0.4, 0.5) is 5.69 Å². The van der Waals surface area contributed by atoms with Crippen LogP contribution >= 0.6 is 15.9 Å². The number of hydrogen-bond acceptors (Lipinski definition) is 5. The Morgan fingerprint density at radius 1 is 1.06 bits per heavy atom. The maximum Gasteiger partial charge on any atom is 0.275 e. The Hall–Kier alpha value is -3.65. The summed E-state index contributed by atoms with van der Waals surface area (Å²) in [6.07, 6.45) is 1.46. The maximum atomic E-state index is 12.2. The first kappa shape index (κ1) is 23.0. The van der Waals surface area contributed by atoms with E-state index in [-0.39, 0.29) is 23.8 Å². The fraction of sp³-hybridized carbons (Fsp3) is 0.125. The molecule has 8 heteroatoms. The van der Waals surface area contributed by atoms with Crippen molar-refractivity contribution >= 4 is 39.6 Å². The van der Waals surface area contributed by atoms with Crippen molar-refractivity contribution in [2.75, 3.05) is 11.9 Å². The SMILES string of the molecule is Cc1cc(Br)c(NC(=O)COc2ccc(/C=N\NC(=O)c3ccccc3O)cc2)cc1C. The highest BCUT2D eigenvalue weighted by atomic mass is 79.9. The highest BCUT2D eigenvalue weighted by Crippen LogP contribution is 2.26. The van der Waals surface area contributed by atoms with E-state index >= 15 is 0 Å². The summed E-state index contributed by atoms with van der Waals surface area (Å²) in [4.78, 5) is 24.2. The predicted molar refractivity (Wildman–Crippen MR) is 127 cm³/mol. The van der Waals surface area contributed by atoms with E-state index in [0.29, 0.717) is 11.4 Å². The highest BCUT2D eigenvalue weighted by Gasteiger charge is 2.09. The van der Waals surface area contributed by atoms with Gasteiger partial charge in [-0.1, -0.05) is 12.1 Å². The van der Waals surface area contributed by atoms with Crippen molar-refractivity contribution in [1.29, 1.82) is 0 Å². The fourth-order valence-corrected chi connectivity index (χ4v) is 3.31. The minimum Gasteiger partial charge on any atom is -0.507 e. The van der Waals surface area contributed by atoms with Gasteiger partial charge in [0, 0.05) is 4.47 Å². The van der Waals surface area contributed by atoms with Crippen LogP contribution in [0, 0.1) is 13.8 Å². The van der Waals surface area contributed by atoms with Crippen LogP contribution < -0.4 is 15.5 Å². The summed E-state index contributed by atoms with van der Waals surface area (Å²) in [5.74, 6) is -0.377. The molecule has 2 amide bonds. The molecule has 0 spiro atoms. The molecule has 0 saturated heterocycles. The van der Waals surface area contributed by atoms with Crippen LogP contribution in [0.25, 0.3) is 0 Å². The Bertz CT molecular complexity index is 1160. The Morgan fingerprint density at radius 2 is 1.75 bits per heavy atom. The molecule has 0 heterocycles. The standard InChI is InChI=1S/C24H22BrN3O4/c1-15-11-20(25)21(12-16(15)2)27-23(30)14-32-18-9-7-17(8-10-18)13-26-28-24(31)19-5-3-4-6-22(19)29/h3-13,29H,14H2,1-2H3,(H,27,30)(H,28,31)/b26-13-. The molecule has 0 radical (unpaired) electrons. The van der Waals surface area contributed by atoms with Gasteiger partial charge in [0.1, 0.15) is 11.5 Å². The van der Waals surface area contributed by atoms with Gasteiger partial charge in [0.15, 0.2) is 6.61 Å². The van der Waals surface area contributed by atoms with Gasteiger partial charge in [-0.15, -0.1) is 0 Å². The largest absolute Gasteiger partial charge is 0.507 e. The zero-order chi connectivity index (χ0) is 23.1. The van der Waals surface area contributed by atoms with Crippen molar-refractivity contribution in [2.45, 2.75) is 13.8 Å². The molecule has 0 aliphatic rings. The summed E-state index contributed by atoms with van der Waals surface area (Å²) < 4.78 is 6.35. The summed E-state index contributed by atoms with van der Waals surface area (Å²) in [6.45, 7) is 3.85. The Labute approximate surface area is 194 Å². The summed E-state index contributed by atoms with van der Waals surface area (Å²) in [5, 5.41) is 16.4. The molecule has 0 aromatic heterocycles. The minimum absolute atomic E-state index is 0.115. The number of ether oxygens (including phenoxy) is 1. The first-order valence-electron chi connectivity index (χ1n) is 9.74. The second-order valence-corrected chi connectivity index (χ2v) is 7.89. The van der Waals surface area contributed by atoms with Gasteiger partial charge in [-0.3, -0.25) is 9.59 Å². The Morgan fingerprint density at radius 3 is 2.47 bits per heavy atom. The van der Waals surface area contributed by atoms with Gasteiger partial charge in [0.2, 0.25) is 0 Å². The molecule has 32 heavy (non-hydrogen) atoms. The molecule has 0 unspecified atom stereocenters. The van der Waals surface area contributed by atoms with Gasteiger partial charge in [-0.05, 0) is 95.0 Å². The molecule has 3 aromatic rings. The zero-order valence-electron chi connectivity index (χ0n) is 17.6. The van der Waals surface area contributed by atoms with Crippen LogP contribution in [0.2, 0.25) is 0 Å². The van der Waals surface area contributed by atoms with Crippen LogP contribution in [0.1, 0.15) is 27.0 Å². The molecule has 0 fully saturated rings. The lowest BCUT2D eigenvalue weighted by atomic mass is 10.1. The number of amides is 2. The van der Waals surface area contributed by atoms with E-state index in [0.717, 1.165) is 21.2 Å². The van der Waals surface area contributed by atoms with Crippen molar-refractivity contribution in [3.63, 3.8) is 0 Å². The maximum absolute atomic E-state index is 12.2. The zero-order valence-corrected chi connectivity index (χ0v) is 19.1. The lowest BCUT2D eigenvalue weighted by Crippen LogP contribution is -2.20. The summed E-state index contributed by atoms with van der Waals surface area (Å²) in [6, 6.07) is 16.9. The number of anilines is 1. The topological polar surface area (TPSA) is 100 Å². The average Bonchev–Trinajstić information content (AvgIpc) is 2.77. The van der Waals surface area contributed by atoms with E-state index in [9.17, 15) is 14.7 Å². The number of aryl methyl sites for hydroxylation is 2. The molecular weight excluding hydrogens is 474 g/mol. The van der Waals surface area contributed by atoms with E-state index in [2.05, 4.69) is 31.8 Å². The van der Waals surface area contributed by atoms with E-state index in [1.165, 1.54) is 18.3 Å². The normalized spacial score (nSPS) is 10.7. The minimum atomic E-state index is -0.513. The fourth-order valence-electron chi connectivity index (χ4n) is 2.75. The number of hydrazone groups is 1. The second kappa shape index (κ2) is 10.6. The third-order valence-corrected chi connectivity index (χ3v) is 5.29. The van der Waals surface area contributed by atoms with E-state index in [4.69, 9.17) is 4.74 Å². The van der Waals surface area contributed by atoms with Gasteiger partial charge in [0.05, 0.1) is 17.5 Å². The summed E-state index contributed by atoms with van der Waals surface area (Å²) in [7, 11) is 0. The number of hydrogen-bond donors (Lipinski definition) is 3. The van der Waals surface area contributed by atoms with Gasteiger partial charge in [-0.2, -0.15) is 5.10 Å². The van der Waals surface area contributed by atoms with Crippen molar-refractivity contribution in [1.82, 2.24) is 5.43 Å². The van der Waals surface area contributed by atoms with Crippen LogP contribution in [-0.4, -0.2) is 29.7 Å². The number of nitrogens with zero attached hydrogens (tertiary/aromatic N) is 1. The molecule has 164 valence electrons. The highest BCUT2D eigenvalue weighted by molar-refractivity contribution is 9.10. The van der Waals surface area contributed by atoms with Gasteiger partial charge >= 0.3 is 0 Å². The van der Waals surface area contributed by atoms with Gasteiger partial charge in [-0.25, -0.2) is 5.43 Å². The summed E-state index contributed by atoms with van der Waals surface area (Å²) >= 11 is 3.45. The van der Waals surface area contributed by atoms with E-state index in [1.54, 1.807) is 36.4 Å². The van der Waals surface area contributed by atoms with Crippen LogP contribution in [0.15, 0.2) is 70.2 Å². The molecule has 0 atom stereocenters. The third kappa shape index (κ3) is 6.18. The molecule has 3 N–H and O–H groups in total. The van der Waals surface area contributed by atoms with Crippen molar-refractivity contribution in [3.8, 4) is 11.5 Å². The number of carbonyl (C=O) groups is 2. The van der Waals surface area contributed by atoms with Crippen molar-refractivity contribution < 1.29 is 19.4 Å². The number of para-hydroxylation sites is 1. The number of benzene rings is 3. The van der Waals surface area contributed by atoms with Crippen LogP contribution in [0.5, 0.6) is 11.5 Å². The van der Waals surface area contributed by atoms with Crippen LogP contribution in [0.3, 0.4) is 0 Å². The molecule has 0 aliphatic heterocycles. The molecular formula is C24H22BrN3O4.